The third-order valence-electron chi connectivity index (χ3n) is 3.29. The van der Waals surface area contributed by atoms with Gasteiger partial charge in [-0.25, -0.2) is 9.98 Å². The summed E-state index contributed by atoms with van der Waals surface area (Å²) in [5.74, 6) is -1.73. The van der Waals surface area contributed by atoms with Gasteiger partial charge in [0.25, 0.3) is 0 Å². The molecule has 3 rings (SSSR count). The van der Waals surface area contributed by atoms with Crippen LogP contribution in [-0.2, 0) is 9.53 Å². The van der Waals surface area contributed by atoms with Gasteiger partial charge in [-0.15, -0.1) is 0 Å². The van der Waals surface area contributed by atoms with Gasteiger partial charge < -0.3 is 4.74 Å². The second-order valence-electron chi connectivity index (χ2n) is 4.66. The molecule has 1 unspecified atom stereocenters. The van der Waals surface area contributed by atoms with E-state index in [1.165, 1.54) is 0 Å². The lowest BCUT2D eigenvalue weighted by Gasteiger charge is -2.21. The molecule has 0 amide bonds. The average Bonchev–Trinajstić information content (AvgIpc) is 2.55. The van der Waals surface area contributed by atoms with Crippen LogP contribution in [0.5, 0.6) is 0 Å². The fourth-order valence-corrected chi connectivity index (χ4v) is 2.33. The van der Waals surface area contributed by atoms with Gasteiger partial charge in [0.05, 0.1) is 17.9 Å². The second kappa shape index (κ2) is 5.85. The fourth-order valence-electron chi connectivity index (χ4n) is 2.33. The first-order valence-electron chi connectivity index (χ1n) is 6.87. The van der Waals surface area contributed by atoms with Crippen LogP contribution in [0.1, 0.15) is 22.8 Å². The van der Waals surface area contributed by atoms with Crippen LogP contribution in [-0.4, -0.2) is 34.0 Å². The molecule has 0 saturated heterocycles. The summed E-state index contributed by atoms with van der Waals surface area (Å²) in [6.45, 7) is 1.89. The van der Waals surface area contributed by atoms with Gasteiger partial charge >= 0.3 is 5.97 Å². The van der Waals surface area contributed by atoms with Crippen molar-refractivity contribution in [2.75, 3.05) is 6.61 Å². The van der Waals surface area contributed by atoms with E-state index in [1.807, 2.05) is 0 Å². The summed E-state index contributed by atoms with van der Waals surface area (Å²) in [7, 11) is 0. The van der Waals surface area contributed by atoms with Crippen LogP contribution in [0.4, 0.5) is 5.82 Å². The van der Waals surface area contributed by atoms with Crippen molar-refractivity contribution >= 4 is 23.3 Å². The zero-order valence-corrected chi connectivity index (χ0v) is 11.9. The van der Waals surface area contributed by atoms with E-state index in [1.54, 1.807) is 49.8 Å². The summed E-state index contributed by atoms with van der Waals surface area (Å²) >= 11 is 0. The summed E-state index contributed by atoms with van der Waals surface area (Å²) in [6.07, 6.45) is 4.73. The fraction of sp³-hybridized carbons (Fsp3) is 0.188. The molecule has 0 radical (unpaired) electrons. The third kappa shape index (κ3) is 2.39. The molecule has 0 aliphatic carbocycles. The van der Waals surface area contributed by atoms with Gasteiger partial charge in [0.2, 0.25) is 0 Å². The molecule has 2 aromatic rings. The molecule has 3 heterocycles. The lowest BCUT2D eigenvalue weighted by atomic mass is 9.87. The minimum atomic E-state index is -1.08. The van der Waals surface area contributed by atoms with E-state index in [4.69, 9.17) is 4.74 Å². The van der Waals surface area contributed by atoms with E-state index < -0.39 is 11.9 Å². The first-order valence-corrected chi connectivity index (χ1v) is 6.87. The topological polar surface area (TPSA) is 81.5 Å². The summed E-state index contributed by atoms with van der Waals surface area (Å²) in [6, 6.07) is 6.72. The van der Waals surface area contributed by atoms with Crippen LogP contribution in [0.15, 0.2) is 47.8 Å². The van der Waals surface area contributed by atoms with Crippen molar-refractivity contribution in [2.45, 2.75) is 6.92 Å². The van der Waals surface area contributed by atoms with Crippen LogP contribution in [0.3, 0.4) is 0 Å². The van der Waals surface area contributed by atoms with Gasteiger partial charge in [0, 0.05) is 24.2 Å². The Balaban J connectivity index is 2.15. The van der Waals surface area contributed by atoms with Crippen molar-refractivity contribution < 1.29 is 14.3 Å². The van der Waals surface area contributed by atoms with Crippen molar-refractivity contribution in [2.24, 2.45) is 10.9 Å². The molecule has 0 N–H and O–H groups in total. The maximum Gasteiger partial charge on any atom is 0.323 e. The molecule has 22 heavy (non-hydrogen) atoms. The minimum Gasteiger partial charge on any atom is -0.465 e. The number of pyridine rings is 2. The first kappa shape index (κ1) is 14.1. The molecular formula is C16H13N3O3. The number of ether oxygens (including phenoxy) is 1. The summed E-state index contributed by atoms with van der Waals surface area (Å²) in [4.78, 5) is 37.4. The number of nitrogens with zero attached hydrogens (tertiary/aromatic N) is 3. The van der Waals surface area contributed by atoms with Gasteiger partial charge in [-0.3, -0.25) is 14.6 Å². The number of Topliss-reactive ketones (excluding diaryl/α,β-unsaturated/α-hetero) is 1. The standard InChI is InChI=1S/C16H13N3O3/c1-2-22-16(21)12-13(10-5-3-7-17-9-10)19-15-11(14(12)20)6-4-8-18-15/h3-9,12H,2H2,1H3. The molecular weight excluding hydrogens is 282 g/mol. The number of fused-ring (bicyclic) bond motifs is 1. The molecule has 1 atom stereocenters. The maximum atomic E-state index is 12.7. The molecule has 0 fully saturated rings. The molecule has 0 aromatic carbocycles. The van der Waals surface area contributed by atoms with E-state index in [2.05, 4.69) is 15.0 Å². The molecule has 0 bridgehead atoms. The van der Waals surface area contributed by atoms with Gasteiger partial charge in [-0.1, -0.05) is 6.07 Å². The molecule has 2 aromatic heterocycles. The number of hydrogen-bond donors (Lipinski definition) is 0. The predicted molar refractivity (Wildman–Crippen MR) is 79.1 cm³/mol. The monoisotopic (exact) mass is 295 g/mol. The normalized spacial score (nSPS) is 16.7. The number of hydrogen-bond acceptors (Lipinski definition) is 6. The SMILES string of the molecule is CCOC(=O)C1C(=O)c2cccnc2N=C1c1cccnc1. The lowest BCUT2D eigenvalue weighted by Crippen LogP contribution is -2.36. The van der Waals surface area contributed by atoms with E-state index >= 15 is 0 Å². The Bertz CT molecular complexity index is 756. The highest BCUT2D eigenvalue weighted by Crippen LogP contribution is 2.29. The number of aromatic nitrogens is 2. The highest BCUT2D eigenvalue weighted by Gasteiger charge is 2.39. The maximum absolute atomic E-state index is 12.7. The molecule has 6 nitrogen and oxygen atoms in total. The Labute approximate surface area is 126 Å². The lowest BCUT2D eigenvalue weighted by molar-refractivity contribution is -0.144. The van der Waals surface area contributed by atoms with Crippen molar-refractivity contribution in [3.05, 3.63) is 54.0 Å². The van der Waals surface area contributed by atoms with Crippen LogP contribution in [0.2, 0.25) is 0 Å². The zero-order valence-electron chi connectivity index (χ0n) is 11.9. The predicted octanol–water partition coefficient (Wildman–Crippen LogP) is 1.97. The molecule has 6 heteroatoms. The Hall–Kier alpha value is -2.89. The Morgan fingerprint density at radius 2 is 2.09 bits per heavy atom. The van der Waals surface area contributed by atoms with E-state index in [0.717, 1.165) is 0 Å². The summed E-state index contributed by atoms with van der Waals surface area (Å²) in [5, 5.41) is 0. The average molecular weight is 295 g/mol. The second-order valence-corrected chi connectivity index (χ2v) is 4.66. The molecule has 1 aliphatic rings. The first-order chi connectivity index (χ1) is 10.7. The Morgan fingerprint density at radius 1 is 1.27 bits per heavy atom. The molecule has 0 saturated carbocycles. The van der Waals surface area contributed by atoms with Gasteiger partial charge in [0.15, 0.2) is 17.5 Å². The van der Waals surface area contributed by atoms with Crippen molar-refractivity contribution in [1.82, 2.24) is 9.97 Å². The number of aliphatic imine (C=N–C) groups is 1. The Morgan fingerprint density at radius 3 is 2.82 bits per heavy atom. The number of rotatable bonds is 3. The van der Waals surface area contributed by atoms with E-state index in [9.17, 15) is 9.59 Å². The van der Waals surface area contributed by atoms with Crippen molar-refractivity contribution in [1.29, 1.82) is 0 Å². The summed E-state index contributed by atoms with van der Waals surface area (Å²) in [5.41, 5.74) is 1.25. The third-order valence-corrected chi connectivity index (χ3v) is 3.29. The minimum absolute atomic E-state index is 0.197. The van der Waals surface area contributed by atoms with E-state index in [-0.39, 0.29) is 12.4 Å². The number of carbonyl (C=O) groups excluding carboxylic acids is 2. The van der Waals surface area contributed by atoms with Crippen LogP contribution in [0, 0.1) is 5.92 Å². The zero-order chi connectivity index (χ0) is 15.5. The summed E-state index contributed by atoms with van der Waals surface area (Å²) < 4.78 is 5.04. The number of esters is 1. The molecule has 0 spiro atoms. The largest absolute Gasteiger partial charge is 0.465 e. The van der Waals surface area contributed by atoms with Gasteiger partial charge in [0.1, 0.15) is 0 Å². The van der Waals surface area contributed by atoms with Crippen LogP contribution >= 0.6 is 0 Å². The Kier molecular flexibility index (Phi) is 3.74. The highest BCUT2D eigenvalue weighted by molar-refractivity contribution is 6.31. The molecule has 1 aliphatic heterocycles. The van der Waals surface area contributed by atoms with Crippen molar-refractivity contribution in [3.8, 4) is 0 Å². The highest BCUT2D eigenvalue weighted by atomic mass is 16.5. The van der Waals surface area contributed by atoms with Crippen LogP contribution in [0.25, 0.3) is 0 Å². The number of ketones is 1. The smallest absolute Gasteiger partial charge is 0.323 e. The van der Waals surface area contributed by atoms with Gasteiger partial charge in [-0.2, -0.15) is 0 Å². The number of carbonyl (C=O) groups is 2. The molecule has 110 valence electrons. The van der Waals surface area contributed by atoms with Gasteiger partial charge in [-0.05, 0) is 25.1 Å². The van der Waals surface area contributed by atoms with Crippen molar-refractivity contribution in [3.63, 3.8) is 0 Å². The van der Waals surface area contributed by atoms with E-state index in [0.29, 0.717) is 22.7 Å². The van der Waals surface area contributed by atoms with Crippen LogP contribution < -0.4 is 0 Å². The quantitative estimate of drug-likeness (QED) is 0.638.